The van der Waals surface area contributed by atoms with Gasteiger partial charge in [-0.05, 0) is 38.5 Å². The molecular formula is C19H22N4S. The lowest BCUT2D eigenvalue weighted by Gasteiger charge is -2.29. The van der Waals surface area contributed by atoms with Crippen molar-refractivity contribution < 1.29 is 0 Å². The van der Waals surface area contributed by atoms with Crippen molar-refractivity contribution in [3.8, 4) is 0 Å². The molecule has 1 aromatic carbocycles. The van der Waals surface area contributed by atoms with Gasteiger partial charge < -0.3 is 4.90 Å². The van der Waals surface area contributed by atoms with E-state index in [2.05, 4.69) is 64.8 Å². The van der Waals surface area contributed by atoms with Crippen molar-refractivity contribution in [1.82, 2.24) is 14.9 Å². The van der Waals surface area contributed by atoms with Gasteiger partial charge in [0.1, 0.15) is 0 Å². The second-order valence-electron chi connectivity index (χ2n) is 7.09. The maximum atomic E-state index is 4.56. The van der Waals surface area contributed by atoms with Crippen molar-refractivity contribution in [2.45, 2.75) is 32.9 Å². The molecule has 4 nitrogen and oxygen atoms in total. The van der Waals surface area contributed by atoms with Gasteiger partial charge >= 0.3 is 0 Å². The van der Waals surface area contributed by atoms with E-state index in [1.165, 1.54) is 15.8 Å². The molecule has 1 fully saturated rings. The Kier molecular flexibility index (Phi) is 3.77. The number of nitrogens with zero attached hydrogens (tertiary/aromatic N) is 4. The first-order chi connectivity index (χ1) is 11.5. The molecule has 0 atom stereocenters. The lowest BCUT2D eigenvalue weighted by atomic mass is 10.0. The minimum absolute atomic E-state index is 0.115. The highest BCUT2D eigenvalue weighted by molar-refractivity contribution is 7.15. The van der Waals surface area contributed by atoms with E-state index in [9.17, 15) is 0 Å². The third-order valence-corrected chi connectivity index (χ3v) is 5.73. The number of hydrogen-bond donors (Lipinski definition) is 0. The van der Waals surface area contributed by atoms with Crippen molar-refractivity contribution in [1.29, 1.82) is 0 Å². The average Bonchev–Trinajstić information content (AvgIpc) is 3.11. The summed E-state index contributed by atoms with van der Waals surface area (Å²) >= 11 is 1.77. The van der Waals surface area contributed by atoms with E-state index in [0.717, 1.165) is 30.4 Å². The first kappa shape index (κ1) is 15.5. The number of aromatic nitrogens is 2. The molecule has 0 unspecified atom stereocenters. The van der Waals surface area contributed by atoms with E-state index in [4.69, 9.17) is 0 Å². The predicted molar refractivity (Wildman–Crippen MR) is 100 cm³/mol. The number of pyridine rings is 1. The van der Waals surface area contributed by atoms with Crippen LogP contribution >= 0.6 is 11.3 Å². The van der Waals surface area contributed by atoms with E-state index < -0.39 is 0 Å². The fourth-order valence-electron chi connectivity index (χ4n) is 3.39. The molecular weight excluding hydrogens is 316 g/mol. The zero-order chi connectivity index (χ0) is 16.7. The second-order valence-corrected chi connectivity index (χ2v) is 8.30. The Morgan fingerprint density at radius 1 is 1.17 bits per heavy atom. The molecule has 124 valence electrons. The summed E-state index contributed by atoms with van der Waals surface area (Å²) in [5.41, 5.74) is 2.52. The standard InChI is InChI=1S/C19H22N4S/c1-14-10-21-18(24-14)22-12-19(2,3)23(13-22)11-15-8-9-20-17-7-5-4-6-16(15)17/h4-10H,11-13H2,1-3H3. The molecule has 0 bridgehead atoms. The van der Waals surface area contributed by atoms with Crippen LogP contribution < -0.4 is 4.90 Å². The van der Waals surface area contributed by atoms with Crippen LogP contribution in [0.25, 0.3) is 10.9 Å². The van der Waals surface area contributed by atoms with Gasteiger partial charge in [0.05, 0.1) is 12.2 Å². The quantitative estimate of drug-likeness (QED) is 0.721. The topological polar surface area (TPSA) is 32.3 Å². The number of thiazole rings is 1. The maximum Gasteiger partial charge on any atom is 0.186 e. The minimum Gasteiger partial charge on any atom is -0.333 e. The van der Waals surface area contributed by atoms with Gasteiger partial charge in [-0.1, -0.05) is 18.2 Å². The summed E-state index contributed by atoms with van der Waals surface area (Å²) in [5.74, 6) is 0. The zero-order valence-electron chi connectivity index (χ0n) is 14.4. The van der Waals surface area contributed by atoms with Crippen LogP contribution in [-0.4, -0.2) is 33.6 Å². The highest BCUT2D eigenvalue weighted by Gasteiger charge is 2.38. The van der Waals surface area contributed by atoms with Crippen LogP contribution in [0.1, 0.15) is 24.3 Å². The summed E-state index contributed by atoms with van der Waals surface area (Å²) in [4.78, 5) is 15.2. The van der Waals surface area contributed by atoms with Gasteiger partial charge in [0.25, 0.3) is 0 Å². The van der Waals surface area contributed by atoms with Gasteiger partial charge in [-0.15, -0.1) is 11.3 Å². The molecule has 0 spiro atoms. The molecule has 0 N–H and O–H groups in total. The third-order valence-electron chi connectivity index (χ3n) is 4.76. The summed E-state index contributed by atoms with van der Waals surface area (Å²) in [7, 11) is 0. The molecule has 1 aliphatic rings. The van der Waals surface area contributed by atoms with E-state index >= 15 is 0 Å². The fourth-order valence-corrected chi connectivity index (χ4v) is 4.14. The van der Waals surface area contributed by atoms with Crippen LogP contribution in [-0.2, 0) is 6.54 Å². The van der Waals surface area contributed by atoms with Crippen molar-refractivity contribution in [2.24, 2.45) is 0 Å². The van der Waals surface area contributed by atoms with Crippen LogP contribution in [0.3, 0.4) is 0 Å². The molecule has 3 aromatic rings. The lowest BCUT2D eigenvalue weighted by Crippen LogP contribution is -2.39. The summed E-state index contributed by atoms with van der Waals surface area (Å²) in [6.45, 7) is 9.59. The van der Waals surface area contributed by atoms with Gasteiger partial charge in [0, 0.05) is 41.3 Å². The number of para-hydroxylation sites is 1. The Hall–Kier alpha value is -1.98. The first-order valence-corrected chi connectivity index (χ1v) is 9.10. The summed E-state index contributed by atoms with van der Waals surface area (Å²) in [6, 6.07) is 10.5. The molecule has 4 rings (SSSR count). The predicted octanol–water partition coefficient (Wildman–Crippen LogP) is 4.06. The summed E-state index contributed by atoms with van der Waals surface area (Å²) < 4.78 is 0. The van der Waals surface area contributed by atoms with E-state index in [1.54, 1.807) is 11.3 Å². The Morgan fingerprint density at radius 3 is 2.79 bits per heavy atom. The van der Waals surface area contributed by atoms with Crippen LogP contribution in [0, 0.1) is 6.92 Å². The van der Waals surface area contributed by atoms with Gasteiger partial charge in [0.15, 0.2) is 5.13 Å². The molecule has 24 heavy (non-hydrogen) atoms. The molecule has 5 heteroatoms. The Bertz CT molecular complexity index is 865. The summed E-state index contributed by atoms with van der Waals surface area (Å²) in [5, 5.41) is 2.38. The van der Waals surface area contributed by atoms with E-state index in [0.29, 0.717) is 0 Å². The monoisotopic (exact) mass is 338 g/mol. The third kappa shape index (κ3) is 2.78. The fraction of sp³-hybridized carbons (Fsp3) is 0.368. The Balaban J connectivity index is 1.61. The van der Waals surface area contributed by atoms with Gasteiger partial charge in [-0.3, -0.25) is 9.88 Å². The van der Waals surface area contributed by atoms with Crippen LogP contribution in [0.2, 0.25) is 0 Å². The molecule has 2 aromatic heterocycles. The molecule has 0 saturated carbocycles. The molecule has 1 saturated heterocycles. The van der Waals surface area contributed by atoms with Crippen LogP contribution in [0.4, 0.5) is 5.13 Å². The maximum absolute atomic E-state index is 4.56. The number of fused-ring (bicyclic) bond motifs is 1. The second kappa shape index (κ2) is 5.83. The van der Waals surface area contributed by atoms with Gasteiger partial charge in [-0.2, -0.15) is 0 Å². The Morgan fingerprint density at radius 2 is 2.00 bits per heavy atom. The minimum atomic E-state index is 0.115. The van der Waals surface area contributed by atoms with Gasteiger partial charge in [0.2, 0.25) is 0 Å². The largest absolute Gasteiger partial charge is 0.333 e. The molecule has 3 heterocycles. The van der Waals surface area contributed by atoms with Crippen molar-refractivity contribution in [3.05, 3.63) is 53.2 Å². The van der Waals surface area contributed by atoms with Crippen LogP contribution in [0.15, 0.2) is 42.7 Å². The molecule has 0 amide bonds. The SMILES string of the molecule is Cc1cnc(N2CN(Cc3ccnc4ccccc34)C(C)(C)C2)s1. The first-order valence-electron chi connectivity index (χ1n) is 8.28. The Labute approximate surface area is 146 Å². The zero-order valence-corrected chi connectivity index (χ0v) is 15.2. The summed E-state index contributed by atoms with van der Waals surface area (Å²) in [6.07, 6.45) is 3.88. The van der Waals surface area contributed by atoms with E-state index in [1.807, 2.05) is 18.5 Å². The number of benzene rings is 1. The molecule has 0 aliphatic carbocycles. The highest BCUT2D eigenvalue weighted by atomic mass is 32.1. The smallest absolute Gasteiger partial charge is 0.186 e. The highest BCUT2D eigenvalue weighted by Crippen LogP contribution is 2.33. The van der Waals surface area contributed by atoms with Crippen molar-refractivity contribution >= 4 is 27.4 Å². The number of anilines is 1. The van der Waals surface area contributed by atoms with Crippen molar-refractivity contribution in [2.75, 3.05) is 18.1 Å². The number of aryl methyl sites for hydroxylation is 1. The van der Waals surface area contributed by atoms with Gasteiger partial charge in [-0.25, -0.2) is 4.98 Å². The lowest BCUT2D eigenvalue weighted by molar-refractivity contribution is 0.176. The van der Waals surface area contributed by atoms with Crippen LogP contribution in [0.5, 0.6) is 0 Å². The average molecular weight is 338 g/mol. The normalized spacial score (nSPS) is 17.7. The number of hydrogen-bond acceptors (Lipinski definition) is 5. The number of rotatable bonds is 3. The molecule has 1 aliphatic heterocycles. The molecule has 0 radical (unpaired) electrons. The van der Waals surface area contributed by atoms with Crippen molar-refractivity contribution in [3.63, 3.8) is 0 Å². The van der Waals surface area contributed by atoms with E-state index in [-0.39, 0.29) is 5.54 Å².